The molecule has 0 aromatic rings. The molecule has 1 heterocycles. The van der Waals surface area contributed by atoms with E-state index >= 15 is 0 Å². The Morgan fingerprint density at radius 2 is 2.22 bits per heavy atom. The highest BCUT2D eigenvalue weighted by atomic mass is 19.0. The Kier molecular flexibility index (Phi) is 3.78. The van der Waals surface area contributed by atoms with Crippen molar-refractivity contribution < 1.29 is 9.60 Å². The molecule has 2 unspecified atom stereocenters. The van der Waals surface area contributed by atoms with Gasteiger partial charge in [-0.15, -0.1) is 0 Å². The zero-order chi connectivity index (χ0) is 5.98. The Morgan fingerprint density at radius 1 is 1.56 bits per heavy atom. The Bertz CT molecular complexity index is 75.3. The van der Waals surface area contributed by atoms with Crippen LogP contribution in [0.2, 0.25) is 0 Å². The van der Waals surface area contributed by atoms with Gasteiger partial charge in [-0.05, 0) is 13.8 Å². The second-order valence-electron chi connectivity index (χ2n) is 2.81. The molecule has 1 fully saturated rings. The van der Waals surface area contributed by atoms with Crippen molar-refractivity contribution >= 4 is 0 Å². The van der Waals surface area contributed by atoms with E-state index in [9.17, 15) is 0 Å². The molecule has 0 spiro atoms. The number of likely N-dealkylation sites (tertiary alicyclic amines) is 1. The van der Waals surface area contributed by atoms with Crippen LogP contribution in [0.1, 0.15) is 26.7 Å². The first-order valence-corrected chi connectivity index (χ1v) is 3.69. The van der Waals surface area contributed by atoms with Crippen LogP contribution in [0.15, 0.2) is 0 Å². The van der Waals surface area contributed by atoms with Gasteiger partial charge in [0.15, 0.2) is 0 Å². The van der Waals surface area contributed by atoms with Gasteiger partial charge in [-0.2, -0.15) is 0 Å². The molecule has 0 aromatic carbocycles. The monoisotopic (exact) mass is 133 g/mol. The van der Waals surface area contributed by atoms with E-state index in [-0.39, 0.29) is 4.70 Å². The molecule has 0 bridgehead atoms. The molecule has 0 amide bonds. The Morgan fingerprint density at radius 3 is 2.44 bits per heavy atom. The summed E-state index contributed by atoms with van der Waals surface area (Å²) in [5.41, 5.74) is 0. The van der Waals surface area contributed by atoms with Gasteiger partial charge in [0.05, 0.1) is 19.1 Å². The summed E-state index contributed by atoms with van der Waals surface area (Å²) in [7, 11) is 0. The summed E-state index contributed by atoms with van der Waals surface area (Å²) in [5.74, 6) is 0. The number of quaternary nitrogens is 1. The van der Waals surface area contributed by atoms with Gasteiger partial charge in [-0.25, -0.2) is 0 Å². The lowest BCUT2D eigenvalue weighted by atomic mass is 10.2. The third kappa shape index (κ3) is 1.94. The van der Waals surface area contributed by atoms with Crippen LogP contribution in [-0.4, -0.2) is 19.1 Å². The second-order valence-corrected chi connectivity index (χ2v) is 2.81. The van der Waals surface area contributed by atoms with Gasteiger partial charge in [-0.3, -0.25) is 0 Å². The molecule has 1 N–H and O–H groups in total. The number of hydrogen-bond donors (Lipinski definition) is 1. The summed E-state index contributed by atoms with van der Waals surface area (Å²) in [6.07, 6.45) is 2.90. The highest BCUT2D eigenvalue weighted by molar-refractivity contribution is 4.54. The Balaban J connectivity index is 0.000000640. The fourth-order valence-electron chi connectivity index (χ4n) is 1.61. The van der Waals surface area contributed by atoms with Crippen LogP contribution in [0.25, 0.3) is 0 Å². The lowest BCUT2D eigenvalue weighted by molar-refractivity contribution is -0.908. The molecule has 1 nitrogen and oxygen atoms in total. The van der Waals surface area contributed by atoms with E-state index < -0.39 is 0 Å². The summed E-state index contributed by atoms with van der Waals surface area (Å²) in [6, 6.07) is 0.944. The molecule has 0 saturated carbocycles. The van der Waals surface area contributed by atoms with Gasteiger partial charge in [-0.1, -0.05) is 0 Å². The number of halogens is 1. The molecule has 1 aliphatic rings. The minimum absolute atomic E-state index is 0. The fourth-order valence-corrected chi connectivity index (χ4v) is 1.61. The molecule has 0 aliphatic carbocycles. The van der Waals surface area contributed by atoms with Crippen molar-refractivity contribution in [3.63, 3.8) is 0 Å². The topological polar surface area (TPSA) is 4.44 Å². The normalized spacial score (nSPS) is 34.0. The largest absolute Gasteiger partial charge is 1.00 e. The van der Waals surface area contributed by atoms with Crippen molar-refractivity contribution in [2.45, 2.75) is 32.7 Å². The highest BCUT2D eigenvalue weighted by Gasteiger charge is 2.21. The molecule has 56 valence electrons. The van der Waals surface area contributed by atoms with E-state index in [1.54, 1.807) is 4.90 Å². The van der Waals surface area contributed by atoms with Gasteiger partial charge in [0, 0.05) is 12.8 Å². The smallest absolute Gasteiger partial charge is 0.0848 e. The van der Waals surface area contributed by atoms with Gasteiger partial charge in [0.2, 0.25) is 0 Å². The van der Waals surface area contributed by atoms with Gasteiger partial charge in [0.25, 0.3) is 0 Å². The van der Waals surface area contributed by atoms with Crippen LogP contribution in [0.5, 0.6) is 0 Å². The third-order valence-electron chi connectivity index (χ3n) is 2.29. The maximum atomic E-state index is 2.35. The molecule has 0 radical (unpaired) electrons. The fraction of sp³-hybridized carbons (Fsp3) is 1.00. The first-order valence-electron chi connectivity index (χ1n) is 3.69. The van der Waals surface area contributed by atoms with Crippen LogP contribution < -0.4 is 9.60 Å². The minimum Gasteiger partial charge on any atom is -1.00 e. The van der Waals surface area contributed by atoms with E-state index in [0.717, 1.165) is 6.04 Å². The average molecular weight is 133 g/mol. The van der Waals surface area contributed by atoms with E-state index in [2.05, 4.69) is 13.8 Å². The predicted molar refractivity (Wildman–Crippen MR) is 35.1 cm³/mol. The molecule has 2 atom stereocenters. The molecular formula is C7H16FN. The van der Waals surface area contributed by atoms with Crippen molar-refractivity contribution in [1.29, 1.82) is 0 Å². The van der Waals surface area contributed by atoms with Crippen molar-refractivity contribution in [2.75, 3.05) is 13.1 Å². The molecule has 2 heteroatoms. The summed E-state index contributed by atoms with van der Waals surface area (Å²) in [4.78, 5) is 1.80. The van der Waals surface area contributed by atoms with Crippen LogP contribution in [0, 0.1) is 0 Å². The molecule has 1 rings (SSSR count). The van der Waals surface area contributed by atoms with Crippen LogP contribution >= 0.6 is 0 Å². The lowest BCUT2D eigenvalue weighted by Crippen LogP contribution is -3.12. The van der Waals surface area contributed by atoms with Crippen molar-refractivity contribution in [1.82, 2.24) is 0 Å². The number of hydrogen-bond acceptors (Lipinski definition) is 0. The number of nitrogens with one attached hydrogen (secondary N) is 1. The summed E-state index contributed by atoms with van der Waals surface area (Å²) in [5, 5.41) is 0. The van der Waals surface area contributed by atoms with E-state index in [1.165, 1.54) is 25.9 Å². The Hall–Kier alpha value is -0.110. The van der Waals surface area contributed by atoms with Crippen LogP contribution in [0.3, 0.4) is 0 Å². The summed E-state index contributed by atoms with van der Waals surface area (Å²) >= 11 is 0. The highest BCUT2D eigenvalue weighted by Crippen LogP contribution is 1.96. The van der Waals surface area contributed by atoms with Gasteiger partial charge >= 0.3 is 0 Å². The first-order chi connectivity index (χ1) is 3.84. The van der Waals surface area contributed by atoms with Crippen LogP contribution in [-0.2, 0) is 0 Å². The zero-order valence-corrected chi connectivity index (χ0v) is 6.28. The number of rotatable bonds is 1. The maximum absolute atomic E-state index is 2.35. The molecule has 1 saturated heterocycles. The zero-order valence-electron chi connectivity index (χ0n) is 6.28. The molecule has 1 aliphatic heterocycles. The standard InChI is InChI=1S/C7H15N.FH/c1-3-8-6-4-5-7(8)2;/h7H,3-6H2,1-2H3;1H. The lowest BCUT2D eigenvalue weighted by Gasteiger charge is -2.14. The molecule has 9 heavy (non-hydrogen) atoms. The second kappa shape index (κ2) is 3.83. The van der Waals surface area contributed by atoms with E-state index in [1.807, 2.05) is 0 Å². The van der Waals surface area contributed by atoms with Crippen molar-refractivity contribution in [2.24, 2.45) is 0 Å². The minimum atomic E-state index is 0. The third-order valence-corrected chi connectivity index (χ3v) is 2.29. The summed E-state index contributed by atoms with van der Waals surface area (Å²) < 4.78 is 0. The maximum Gasteiger partial charge on any atom is 0.0848 e. The summed E-state index contributed by atoms with van der Waals surface area (Å²) in [6.45, 7) is 7.36. The van der Waals surface area contributed by atoms with Crippen molar-refractivity contribution in [3.05, 3.63) is 0 Å². The van der Waals surface area contributed by atoms with Crippen molar-refractivity contribution in [3.8, 4) is 0 Å². The predicted octanol–water partition coefficient (Wildman–Crippen LogP) is -2.92. The van der Waals surface area contributed by atoms with E-state index in [4.69, 9.17) is 0 Å². The van der Waals surface area contributed by atoms with Gasteiger partial charge in [0.1, 0.15) is 0 Å². The van der Waals surface area contributed by atoms with E-state index in [0.29, 0.717) is 0 Å². The first kappa shape index (κ1) is 8.89. The molecular weight excluding hydrogens is 117 g/mol. The van der Waals surface area contributed by atoms with Gasteiger partial charge < -0.3 is 9.60 Å². The quantitative estimate of drug-likeness (QED) is 0.391. The Labute approximate surface area is 56.4 Å². The molecule has 0 aromatic heterocycles. The van der Waals surface area contributed by atoms with Crippen LogP contribution in [0.4, 0.5) is 0 Å². The SMILES string of the molecule is CC[NH+]1CCCC1C.[F-]. The average Bonchev–Trinajstić information content (AvgIpc) is 2.14.